The fraction of sp³-hybridized carbons (Fsp3) is 0.294. The van der Waals surface area contributed by atoms with Gasteiger partial charge in [-0.1, -0.05) is 43.3 Å². The van der Waals surface area contributed by atoms with E-state index in [4.69, 9.17) is 5.84 Å². The van der Waals surface area contributed by atoms with Crippen molar-refractivity contribution in [1.29, 1.82) is 0 Å². The first-order valence-corrected chi connectivity index (χ1v) is 6.99. The SMILES string of the molecule is CCc1ccc(CC(Cc2ccc(F)cc2)NN)cc1. The molecule has 20 heavy (non-hydrogen) atoms. The maximum atomic E-state index is 12.9. The van der Waals surface area contributed by atoms with Gasteiger partial charge in [-0.3, -0.25) is 11.3 Å². The second-order valence-electron chi connectivity index (χ2n) is 5.07. The summed E-state index contributed by atoms with van der Waals surface area (Å²) in [6, 6.07) is 15.3. The summed E-state index contributed by atoms with van der Waals surface area (Å²) < 4.78 is 12.9. The van der Waals surface area contributed by atoms with Crippen molar-refractivity contribution in [3.63, 3.8) is 0 Å². The normalized spacial score (nSPS) is 12.3. The van der Waals surface area contributed by atoms with E-state index in [0.717, 1.165) is 24.8 Å². The Kier molecular flexibility index (Phi) is 5.27. The third kappa shape index (κ3) is 4.15. The molecule has 2 nitrogen and oxygen atoms in total. The van der Waals surface area contributed by atoms with Gasteiger partial charge in [-0.25, -0.2) is 4.39 Å². The van der Waals surface area contributed by atoms with Crippen LogP contribution in [0.5, 0.6) is 0 Å². The van der Waals surface area contributed by atoms with Crippen LogP contribution in [0.25, 0.3) is 0 Å². The van der Waals surface area contributed by atoms with E-state index in [1.54, 1.807) is 12.1 Å². The molecule has 0 saturated heterocycles. The van der Waals surface area contributed by atoms with Crippen molar-refractivity contribution in [2.75, 3.05) is 0 Å². The second kappa shape index (κ2) is 7.17. The summed E-state index contributed by atoms with van der Waals surface area (Å²) in [5.74, 6) is 5.42. The summed E-state index contributed by atoms with van der Waals surface area (Å²) in [7, 11) is 0. The number of hydrogen-bond donors (Lipinski definition) is 2. The van der Waals surface area contributed by atoms with Crippen LogP contribution in [-0.4, -0.2) is 6.04 Å². The van der Waals surface area contributed by atoms with E-state index in [2.05, 4.69) is 36.6 Å². The highest BCUT2D eigenvalue weighted by atomic mass is 19.1. The molecule has 3 heteroatoms. The van der Waals surface area contributed by atoms with Crippen LogP contribution in [0.3, 0.4) is 0 Å². The lowest BCUT2D eigenvalue weighted by molar-refractivity contribution is 0.522. The van der Waals surface area contributed by atoms with Crippen molar-refractivity contribution in [2.45, 2.75) is 32.2 Å². The number of aryl methyl sites for hydroxylation is 1. The largest absolute Gasteiger partial charge is 0.271 e. The predicted octanol–water partition coefficient (Wildman–Crippen LogP) is 3.01. The average Bonchev–Trinajstić information content (AvgIpc) is 2.49. The summed E-state index contributed by atoms with van der Waals surface area (Å²) in [6.45, 7) is 2.15. The number of halogens is 1. The Balaban J connectivity index is 1.99. The Hall–Kier alpha value is -1.71. The lowest BCUT2D eigenvalue weighted by Crippen LogP contribution is -2.38. The summed E-state index contributed by atoms with van der Waals surface area (Å²) >= 11 is 0. The standard InChI is InChI=1S/C17H21FN2/c1-2-13-3-5-14(6-4-13)11-17(20-19)12-15-7-9-16(18)10-8-15/h3-10,17,20H,2,11-12,19H2,1H3. The van der Waals surface area contributed by atoms with Crippen molar-refractivity contribution in [3.8, 4) is 0 Å². The molecule has 1 atom stereocenters. The van der Waals surface area contributed by atoms with E-state index in [1.165, 1.54) is 23.3 Å². The van der Waals surface area contributed by atoms with E-state index in [-0.39, 0.29) is 11.9 Å². The van der Waals surface area contributed by atoms with Gasteiger partial charge in [-0.15, -0.1) is 0 Å². The van der Waals surface area contributed by atoms with E-state index >= 15 is 0 Å². The molecule has 2 aromatic carbocycles. The number of benzene rings is 2. The quantitative estimate of drug-likeness (QED) is 0.626. The van der Waals surface area contributed by atoms with Gasteiger partial charge in [-0.05, 0) is 48.1 Å². The molecule has 0 aliphatic rings. The Morgan fingerprint density at radius 2 is 1.35 bits per heavy atom. The molecule has 0 aromatic heterocycles. The molecule has 0 heterocycles. The first-order valence-electron chi connectivity index (χ1n) is 6.99. The predicted molar refractivity (Wildman–Crippen MR) is 80.7 cm³/mol. The van der Waals surface area contributed by atoms with E-state index in [1.807, 2.05) is 0 Å². The first-order chi connectivity index (χ1) is 9.71. The molecule has 0 radical (unpaired) electrons. The summed E-state index contributed by atoms with van der Waals surface area (Å²) in [4.78, 5) is 0. The maximum Gasteiger partial charge on any atom is 0.123 e. The van der Waals surface area contributed by atoms with Crippen molar-refractivity contribution >= 4 is 0 Å². The molecule has 0 aliphatic heterocycles. The van der Waals surface area contributed by atoms with Gasteiger partial charge in [0.2, 0.25) is 0 Å². The molecule has 2 aromatic rings. The third-order valence-corrected chi connectivity index (χ3v) is 3.54. The maximum absolute atomic E-state index is 12.9. The van der Waals surface area contributed by atoms with Gasteiger partial charge in [0.25, 0.3) is 0 Å². The summed E-state index contributed by atoms with van der Waals surface area (Å²) in [5, 5.41) is 0. The van der Waals surface area contributed by atoms with E-state index in [9.17, 15) is 4.39 Å². The molecular weight excluding hydrogens is 251 g/mol. The van der Waals surface area contributed by atoms with Gasteiger partial charge in [0.1, 0.15) is 5.82 Å². The van der Waals surface area contributed by atoms with Crippen molar-refractivity contribution in [2.24, 2.45) is 5.84 Å². The van der Waals surface area contributed by atoms with E-state index < -0.39 is 0 Å². The minimum Gasteiger partial charge on any atom is -0.271 e. The Bertz CT molecular complexity index is 520. The average molecular weight is 272 g/mol. The number of hydrazine groups is 1. The Labute approximate surface area is 119 Å². The van der Waals surface area contributed by atoms with Crippen LogP contribution in [0.15, 0.2) is 48.5 Å². The lowest BCUT2D eigenvalue weighted by Gasteiger charge is -2.16. The minimum absolute atomic E-state index is 0.146. The van der Waals surface area contributed by atoms with Crippen LogP contribution < -0.4 is 11.3 Å². The molecule has 0 spiro atoms. The smallest absolute Gasteiger partial charge is 0.123 e. The Morgan fingerprint density at radius 1 is 0.900 bits per heavy atom. The fourth-order valence-corrected chi connectivity index (χ4v) is 2.29. The molecule has 106 valence electrons. The zero-order valence-corrected chi connectivity index (χ0v) is 11.8. The number of nitrogens with two attached hydrogens (primary N) is 1. The van der Waals surface area contributed by atoms with Crippen molar-refractivity contribution in [1.82, 2.24) is 5.43 Å². The number of hydrogen-bond acceptors (Lipinski definition) is 2. The van der Waals surface area contributed by atoms with Crippen LogP contribution in [0.2, 0.25) is 0 Å². The molecule has 0 saturated carbocycles. The molecule has 1 unspecified atom stereocenters. The van der Waals surface area contributed by atoms with Crippen LogP contribution in [-0.2, 0) is 19.3 Å². The van der Waals surface area contributed by atoms with Crippen LogP contribution >= 0.6 is 0 Å². The molecule has 0 amide bonds. The van der Waals surface area contributed by atoms with Crippen LogP contribution in [0.1, 0.15) is 23.6 Å². The number of nitrogens with one attached hydrogen (secondary N) is 1. The van der Waals surface area contributed by atoms with Crippen molar-refractivity contribution < 1.29 is 4.39 Å². The molecular formula is C17H21FN2. The molecule has 0 aliphatic carbocycles. The molecule has 2 rings (SSSR count). The van der Waals surface area contributed by atoms with Gasteiger partial charge in [0, 0.05) is 6.04 Å². The fourth-order valence-electron chi connectivity index (χ4n) is 2.29. The van der Waals surface area contributed by atoms with Crippen molar-refractivity contribution in [3.05, 3.63) is 71.0 Å². The summed E-state index contributed by atoms with van der Waals surface area (Å²) in [6.07, 6.45) is 2.69. The topological polar surface area (TPSA) is 38.0 Å². The van der Waals surface area contributed by atoms with Gasteiger partial charge in [-0.2, -0.15) is 0 Å². The van der Waals surface area contributed by atoms with E-state index in [0.29, 0.717) is 0 Å². The van der Waals surface area contributed by atoms with Gasteiger partial charge in [0.05, 0.1) is 0 Å². The first kappa shape index (κ1) is 14.7. The second-order valence-corrected chi connectivity index (χ2v) is 5.07. The highest BCUT2D eigenvalue weighted by Crippen LogP contribution is 2.11. The zero-order valence-electron chi connectivity index (χ0n) is 11.8. The highest BCUT2D eigenvalue weighted by molar-refractivity contribution is 5.24. The van der Waals surface area contributed by atoms with Crippen LogP contribution in [0, 0.1) is 5.82 Å². The zero-order chi connectivity index (χ0) is 14.4. The third-order valence-electron chi connectivity index (χ3n) is 3.54. The van der Waals surface area contributed by atoms with Gasteiger partial charge >= 0.3 is 0 Å². The monoisotopic (exact) mass is 272 g/mol. The molecule has 0 bridgehead atoms. The minimum atomic E-state index is -0.207. The molecule has 3 N–H and O–H groups in total. The lowest BCUT2D eigenvalue weighted by atomic mass is 9.98. The highest BCUT2D eigenvalue weighted by Gasteiger charge is 2.09. The van der Waals surface area contributed by atoms with Gasteiger partial charge in [0.15, 0.2) is 0 Å². The Morgan fingerprint density at radius 3 is 1.80 bits per heavy atom. The summed E-state index contributed by atoms with van der Waals surface area (Å²) in [5.41, 5.74) is 6.53. The number of rotatable bonds is 6. The van der Waals surface area contributed by atoms with Crippen LogP contribution in [0.4, 0.5) is 4.39 Å². The van der Waals surface area contributed by atoms with Gasteiger partial charge < -0.3 is 0 Å². The molecule has 0 fully saturated rings.